The van der Waals surface area contributed by atoms with Crippen molar-refractivity contribution in [1.82, 2.24) is 0 Å². The summed E-state index contributed by atoms with van der Waals surface area (Å²) in [5.74, 6) is 0.129. The van der Waals surface area contributed by atoms with Crippen LogP contribution in [0.25, 0.3) is 0 Å². The molecule has 0 saturated carbocycles. The number of halogens is 1. The smallest absolute Gasteiger partial charge is 0.365 e. The van der Waals surface area contributed by atoms with Crippen molar-refractivity contribution in [3.63, 3.8) is 0 Å². The summed E-state index contributed by atoms with van der Waals surface area (Å²) in [5.41, 5.74) is 2.21. The number of rotatable bonds is 6. The van der Waals surface area contributed by atoms with Crippen LogP contribution in [0, 0.1) is 0 Å². The van der Waals surface area contributed by atoms with Gasteiger partial charge in [-0.25, -0.2) is 4.79 Å². The molecule has 6 heteroatoms. The first-order valence-electron chi connectivity index (χ1n) is 7.87. The molecule has 2 aromatic carbocycles. The molecule has 26 heavy (non-hydrogen) atoms. The molecule has 0 spiro atoms. The van der Waals surface area contributed by atoms with E-state index >= 15 is 0 Å². The molecule has 0 N–H and O–H groups in total. The number of oxime groups is 1. The molecule has 0 atom stereocenters. The summed E-state index contributed by atoms with van der Waals surface area (Å²) < 4.78 is 5.85. The monoisotopic (exact) mass is 429 g/mol. The van der Waals surface area contributed by atoms with Crippen molar-refractivity contribution >= 4 is 38.9 Å². The largest absolute Gasteiger partial charge is 0.496 e. The maximum Gasteiger partial charge on any atom is 0.365 e. The number of hydrogen-bond donors (Lipinski definition) is 0. The summed E-state index contributed by atoms with van der Waals surface area (Å²) in [6.07, 6.45) is 0.584. The Morgan fingerprint density at radius 3 is 2.58 bits per heavy atom. The van der Waals surface area contributed by atoms with Gasteiger partial charge in [0.15, 0.2) is 0 Å². The van der Waals surface area contributed by atoms with Crippen molar-refractivity contribution in [2.45, 2.75) is 6.42 Å². The van der Waals surface area contributed by atoms with Gasteiger partial charge in [-0.1, -0.05) is 41.6 Å². The highest BCUT2D eigenvalue weighted by Crippen LogP contribution is 2.26. The molecule has 4 nitrogen and oxygen atoms in total. The minimum absolute atomic E-state index is 0.395. The molecule has 0 amide bonds. The SMILES string of the molecule is COc1ccc(C(=O)O/N=C(\Cc2ccccc2)c2cccs2)cc1Br. The fraction of sp³-hybridized carbons (Fsp3) is 0.100. The Labute approximate surface area is 164 Å². The highest BCUT2D eigenvalue weighted by atomic mass is 79.9. The minimum atomic E-state index is -0.518. The molecule has 0 unspecified atom stereocenters. The summed E-state index contributed by atoms with van der Waals surface area (Å²) >= 11 is 4.92. The highest BCUT2D eigenvalue weighted by Gasteiger charge is 2.13. The lowest BCUT2D eigenvalue weighted by atomic mass is 10.1. The molecule has 1 aromatic heterocycles. The zero-order valence-electron chi connectivity index (χ0n) is 14.0. The van der Waals surface area contributed by atoms with Crippen molar-refractivity contribution in [3.05, 3.63) is 86.5 Å². The first-order valence-corrected chi connectivity index (χ1v) is 9.54. The van der Waals surface area contributed by atoms with Gasteiger partial charge < -0.3 is 9.57 Å². The zero-order chi connectivity index (χ0) is 18.4. The molecule has 0 radical (unpaired) electrons. The predicted octanol–water partition coefficient (Wildman–Crippen LogP) is 5.32. The van der Waals surface area contributed by atoms with E-state index in [2.05, 4.69) is 21.1 Å². The maximum atomic E-state index is 12.3. The maximum absolute atomic E-state index is 12.3. The lowest BCUT2D eigenvalue weighted by Crippen LogP contribution is -2.08. The van der Waals surface area contributed by atoms with Crippen LogP contribution in [0.2, 0.25) is 0 Å². The van der Waals surface area contributed by atoms with E-state index < -0.39 is 5.97 Å². The summed E-state index contributed by atoms with van der Waals surface area (Å²) in [6, 6.07) is 18.9. The molecule has 0 aliphatic heterocycles. The van der Waals surface area contributed by atoms with Crippen LogP contribution in [0.3, 0.4) is 0 Å². The molecular formula is C20H16BrNO3S. The Morgan fingerprint density at radius 1 is 1.12 bits per heavy atom. The van der Waals surface area contributed by atoms with E-state index in [0.717, 1.165) is 10.4 Å². The van der Waals surface area contributed by atoms with E-state index in [1.807, 2.05) is 47.8 Å². The van der Waals surface area contributed by atoms with Crippen LogP contribution in [-0.2, 0) is 11.3 Å². The van der Waals surface area contributed by atoms with Gasteiger partial charge in [0.1, 0.15) is 11.5 Å². The number of carbonyl (C=O) groups is 1. The quantitative estimate of drug-likeness (QED) is 0.302. The van der Waals surface area contributed by atoms with Gasteiger partial charge in [0.05, 0.1) is 22.0 Å². The minimum Gasteiger partial charge on any atom is -0.496 e. The van der Waals surface area contributed by atoms with Crippen LogP contribution in [0.1, 0.15) is 20.8 Å². The lowest BCUT2D eigenvalue weighted by molar-refractivity contribution is 0.0516. The van der Waals surface area contributed by atoms with E-state index in [1.165, 1.54) is 0 Å². The van der Waals surface area contributed by atoms with Crippen LogP contribution in [0.4, 0.5) is 0 Å². The molecule has 1 heterocycles. The lowest BCUT2D eigenvalue weighted by Gasteiger charge is -2.06. The van der Waals surface area contributed by atoms with Gasteiger partial charge in [-0.15, -0.1) is 11.3 Å². The topological polar surface area (TPSA) is 47.9 Å². The third kappa shape index (κ3) is 4.59. The third-order valence-electron chi connectivity index (χ3n) is 3.65. The molecule has 132 valence electrons. The number of benzene rings is 2. The molecule has 3 aromatic rings. The molecular weight excluding hydrogens is 414 g/mol. The van der Waals surface area contributed by atoms with Crippen LogP contribution in [-0.4, -0.2) is 18.8 Å². The van der Waals surface area contributed by atoms with Crippen LogP contribution in [0.15, 0.2) is 75.7 Å². The van der Waals surface area contributed by atoms with Crippen molar-refractivity contribution in [1.29, 1.82) is 0 Å². The number of thiophene rings is 1. The molecule has 0 aliphatic carbocycles. The van der Waals surface area contributed by atoms with Gasteiger partial charge in [0.2, 0.25) is 0 Å². The second-order valence-corrected chi connectivity index (χ2v) is 7.21. The molecule has 0 fully saturated rings. The van der Waals surface area contributed by atoms with Crippen molar-refractivity contribution in [3.8, 4) is 5.75 Å². The fourth-order valence-electron chi connectivity index (χ4n) is 2.34. The Hall–Kier alpha value is -2.44. The van der Waals surface area contributed by atoms with Crippen molar-refractivity contribution in [2.24, 2.45) is 5.16 Å². The van der Waals surface area contributed by atoms with E-state index in [9.17, 15) is 4.79 Å². The summed E-state index contributed by atoms with van der Waals surface area (Å²) in [6.45, 7) is 0. The van der Waals surface area contributed by atoms with E-state index in [-0.39, 0.29) is 0 Å². The number of ether oxygens (including phenoxy) is 1. The molecule has 3 rings (SSSR count). The summed E-state index contributed by atoms with van der Waals surface area (Å²) in [7, 11) is 1.57. The second kappa shape index (κ2) is 8.78. The Balaban J connectivity index is 1.79. The molecule has 0 bridgehead atoms. The van der Waals surface area contributed by atoms with Crippen molar-refractivity contribution < 1.29 is 14.4 Å². The van der Waals surface area contributed by atoms with Gasteiger partial charge in [0.25, 0.3) is 0 Å². The van der Waals surface area contributed by atoms with Gasteiger partial charge in [0, 0.05) is 6.42 Å². The average Bonchev–Trinajstić information content (AvgIpc) is 3.20. The van der Waals surface area contributed by atoms with Gasteiger partial charge in [-0.05, 0) is 51.1 Å². The third-order valence-corrected chi connectivity index (χ3v) is 5.18. The van der Waals surface area contributed by atoms with E-state index in [0.29, 0.717) is 27.9 Å². The van der Waals surface area contributed by atoms with E-state index in [4.69, 9.17) is 9.57 Å². The highest BCUT2D eigenvalue weighted by molar-refractivity contribution is 9.10. The average molecular weight is 430 g/mol. The standard InChI is InChI=1S/C20H16BrNO3S/c1-24-18-10-9-15(13-16(18)21)20(23)25-22-17(19-8-5-11-26-19)12-14-6-3-2-4-7-14/h2-11,13H,12H2,1H3/b22-17+. The normalized spacial score (nSPS) is 11.2. The van der Waals surface area contributed by atoms with Gasteiger partial charge >= 0.3 is 5.97 Å². The Morgan fingerprint density at radius 2 is 1.92 bits per heavy atom. The van der Waals surface area contributed by atoms with E-state index in [1.54, 1.807) is 36.6 Å². The number of hydrogen-bond acceptors (Lipinski definition) is 5. The van der Waals surface area contributed by atoms with Crippen molar-refractivity contribution in [2.75, 3.05) is 7.11 Å². The number of carbonyl (C=O) groups excluding carboxylic acids is 1. The fourth-order valence-corrected chi connectivity index (χ4v) is 3.59. The number of methoxy groups -OCH3 is 1. The van der Waals surface area contributed by atoms with Crippen LogP contribution in [0.5, 0.6) is 5.75 Å². The Bertz CT molecular complexity index is 908. The predicted molar refractivity (Wildman–Crippen MR) is 107 cm³/mol. The Kier molecular flexibility index (Phi) is 6.20. The zero-order valence-corrected chi connectivity index (χ0v) is 16.4. The van der Waals surface area contributed by atoms with Crippen LogP contribution >= 0.6 is 27.3 Å². The molecule has 0 aliphatic rings. The first-order chi connectivity index (χ1) is 12.7. The molecule has 0 saturated heterocycles. The van der Waals surface area contributed by atoms with Crippen LogP contribution < -0.4 is 4.74 Å². The summed E-state index contributed by atoms with van der Waals surface area (Å²) in [5, 5.41) is 6.11. The first kappa shape index (κ1) is 18.4. The number of nitrogens with zero attached hydrogens (tertiary/aromatic N) is 1. The van der Waals surface area contributed by atoms with Gasteiger partial charge in [-0.2, -0.15) is 0 Å². The van der Waals surface area contributed by atoms with Gasteiger partial charge in [-0.3, -0.25) is 0 Å². The summed E-state index contributed by atoms with van der Waals surface area (Å²) in [4.78, 5) is 18.5. The second-order valence-electron chi connectivity index (χ2n) is 5.41.